The van der Waals surface area contributed by atoms with Crippen molar-refractivity contribution in [3.05, 3.63) is 63.2 Å². The first-order valence-corrected chi connectivity index (χ1v) is 6.27. The maximum Gasteiger partial charge on any atom is 0.311 e. The summed E-state index contributed by atoms with van der Waals surface area (Å²) in [5.74, 6) is 0. The molecule has 6 heteroatoms. The molecular formula is C14H13ClN2O3. The Labute approximate surface area is 121 Å². The molecule has 104 valence electrons. The van der Waals surface area contributed by atoms with Gasteiger partial charge in [-0.3, -0.25) is 10.1 Å². The van der Waals surface area contributed by atoms with E-state index in [4.69, 9.17) is 16.3 Å². The van der Waals surface area contributed by atoms with Crippen LogP contribution < -0.4 is 5.32 Å². The molecule has 0 bridgehead atoms. The molecule has 0 fully saturated rings. The average molecular weight is 293 g/mol. The molecule has 0 spiro atoms. The van der Waals surface area contributed by atoms with Crippen LogP contribution in [-0.4, -0.2) is 12.0 Å². The Morgan fingerprint density at radius 1 is 1.30 bits per heavy atom. The molecule has 0 radical (unpaired) electrons. The smallest absolute Gasteiger partial charge is 0.311 e. The second-order valence-electron chi connectivity index (χ2n) is 4.15. The number of methoxy groups -OCH3 is 1. The fourth-order valence-electron chi connectivity index (χ4n) is 1.86. The summed E-state index contributed by atoms with van der Waals surface area (Å²) < 4.78 is 5.06. The summed E-state index contributed by atoms with van der Waals surface area (Å²) >= 11 is 5.87. The van der Waals surface area contributed by atoms with Gasteiger partial charge in [-0.25, -0.2) is 0 Å². The molecule has 0 amide bonds. The number of nitrogens with one attached hydrogen (secondary N) is 1. The van der Waals surface area contributed by atoms with Crippen LogP contribution in [0.2, 0.25) is 5.02 Å². The normalized spacial score (nSPS) is 10.3. The van der Waals surface area contributed by atoms with Crippen molar-refractivity contribution in [2.75, 3.05) is 12.4 Å². The van der Waals surface area contributed by atoms with Crippen molar-refractivity contribution in [2.24, 2.45) is 0 Å². The zero-order chi connectivity index (χ0) is 14.5. The summed E-state index contributed by atoms with van der Waals surface area (Å²) in [6, 6.07) is 12.2. The van der Waals surface area contributed by atoms with Crippen molar-refractivity contribution < 1.29 is 9.66 Å². The minimum atomic E-state index is -0.496. The first kappa shape index (κ1) is 14.3. The second kappa shape index (κ2) is 6.36. The number of halogens is 1. The van der Waals surface area contributed by atoms with E-state index in [9.17, 15) is 10.1 Å². The molecule has 2 aromatic rings. The Hall–Kier alpha value is -2.11. The van der Waals surface area contributed by atoms with Crippen LogP contribution in [0, 0.1) is 10.1 Å². The van der Waals surface area contributed by atoms with Gasteiger partial charge in [0, 0.05) is 12.8 Å². The molecule has 2 aromatic carbocycles. The molecule has 20 heavy (non-hydrogen) atoms. The minimum Gasteiger partial charge on any atom is -0.380 e. The molecule has 0 aliphatic rings. The van der Waals surface area contributed by atoms with Crippen LogP contribution in [0.1, 0.15) is 5.56 Å². The maximum atomic E-state index is 11.1. The van der Waals surface area contributed by atoms with E-state index < -0.39 is 4.92 Å². The van der Waals surface area contributed by atoms with Crippen molar-refractivity contribution in [3.63, 3.8) is 0 Å². The van der Waals surface area contributed by atoms with Crippen LogP contribution in [-0.2, 0) is 11.3 Å². The number of ether oxygens (including phenoxy) is 1. The van der Waals surface area contributed by atoms with Crippen LogP contribution in [0.25, 0.3) is 0 Å². The molecule has 0 atom stereocenters. The number of nitrogens with zero attached hydrogens (tertiary/aromatic N) is 1. The number of hydrogen-bond acceptors (Lipinski definition) is 4. The van der Waals surface area contributed by atoms with Crippen molar-refractivity contribution in [2.45, 2.75) is 6.61 Å². The summed E-state index contributed by atoms with van der Waals surface area (Å²) in [7, 11) is 1.61. The largest absolute Gasteiger partial charge is 0.380 e. The Kier molecular flexibility index (Phi) is 4.55. The van der Waals surface area contributed by atoms with Gasteiger partial charge in [0.05, 0.1) is 11.5 Å². The first-order valence-electron chi connectivity index (χ1n) is 5.89. The number of nitro benzene ring substituents is 1. The molecule has 1 N–H and O–H groups in total. The highest BCUT2D eigenvalue weighted by molar-refractivity contribution is 6.33. The molecule has 0 saturated carbocycles. The van der Waals surface area contributed by atoms with Crippen molar-refractivity contribution in [1.29, 1.82) is 0 Å². The molecular weight excluding hydrogens is 280 g/mol. The van der Waals surface area contributed by atoms with E-state index in [0.717, 1.165) is 11.3 Å². The Bertz CT molecular complexity index is 632. The third-order valence-corrected chi connectivity index (χ3v) is 2.99. The molecule has 0 saturated heterocycles. The Morgan fingerprint density at radius 3 is 2.75 bits per heavy atom. The lowest BCUT2D eigenvalue weighted by Gasteiger charge is -2.09. The van der Waals surface area contributed by atoms with Crippen molar-refractivity contribution >= 4 is 28.7 Å². The summed E-state index contributed by atoms with van der Waals surface area (Å²) in [5, 5.41) is 14.2. The molecule has 0 aliphatic heterocycles. The van der Waals surface area contributed by atoms with Crippen molar-refractivity contribution in [1.82, 2.24) is 0 Å². The van der Waals surface area contributed by atoms with Gasteiger partial charge in [-0.15, -0.1) is 0 Å². The summed E-state index contributed by atoms with van der Waals surface area (Å²) in [4.78, 5) is 10.6. The maximum absolute atomic E-state index is 11.1. The predicted molar refractivity (Wildman–Crippen MR) is 78.5 cm³/mol. The first-order chi connectivity index (χ1) is 9.61. The number of anilines is 2. The van der Waals surface area contributed by atoms with Gasteiger partial charge in [-0.2, -0.15) is 0 Å². The number of nitro groups is 1. The average Bonchev–Trinajstić information content (AvgIpc) is 2.39. The van der Waals surface area contributed by atoms with Gasteiger partial charge in [0.1, 0.15) is 10.7 Å². The lowest BCUT2D eigenvalue weighted by molar-refractivity contribution is -0.383. The summed E-state index contributed by atoms with van der Waals surface area (Å²) in [5.41, 5.74) is 1.94. The van der Waals surface area contributed by atoms with E-state index in [2.05, 4.69) is 5.32 Å². The molecule has 0 aliphatic carbocycles. The second-order valence-corrected chi connectivity index (χ2v) is 4.56. The standard InChI is InChI=1S/C14H13ClN2O3/c1-20-9-10-4-2-5-11(8-10)16-13-7-3-6-12(15)14(13)17(18)19/h2-8,16H,9H2,1H3. The predicted octanol–water partition coefficient (Wildman–Crippen LogP) is 4.14. The number of hydrogen-bond donors (Lipinski definition) is 1. The molecule has 0 heterocycles. The van der Waals surface area contributed by atoms with Gasteiger partial charge in [0.15, 0.2) is 0 Å². The zero-order valence-corrected chi connectivity index (χ0v) is 11.6. The molecule has 2 rings (SSSR count). The van der Waals surface area contributed by atoms with Gasteiger partial charge < -0.3 is 10.1 Å². The number of para-hydroxylation sites is 1. The fraction of sp³-hybridized carbons (Fsp3) is 0.143. The fourth-order valence-corrected chi connectivity index (χ4v) is 2.11. The van der Waals surface area contributed by atoms with Crippen LogP contribution in [0.15, 0.2) is 42.5 Å². The minimum absolute atomic E-state index is 0.105. The number of benzene rings is 2. The number of rotatable bonds is 5. The SMILES string of the molecule is COCc1cccc(Nc2cccc(Cl)c2[N+](=O)[O-])c1. The van der Waals surface area contributed by atoms with E-state index in [1.165, 1.54) is 6.07 Å². The van der Waals surface area contributed by atoms with Gasteiger partial charge in [0.25, 0.3) is 0 Å². The highest BCUT2D eigenvalue weighted by Gasteiger charge is 2.18. The van der Waals surface area contributed by atoms with Gasteiger partial charge in [-0.05, 0) is 29.8 Å². The van der Waals surface area contributed by atoms with Crippen LogP contribution in [0.4, 0.5) is 17.1 Å². The zero-order valence-electron chi connectivity index (χ0n) is 10.8. The third-order valence-electron chi connectivity index (χ3n) is 2.69. The van der Waals surface area contributed by atoms with Crippen molar-refractivity contribution in [3.8, 4) is 0 Å². The van der Waals surface area contributed by atoms with Crippen LogP contribution in [0.3, 0.4) is 0 Å². The van der Waals surface area contributed by atoms with E-state index in [1.807, 2.05) is 24.3 Å². The lowest BCUT2D eigenvalue weighted by Crippen LogP contribution is -1.98. The Balaban J connectivity index is 2.32. The monoisotopic (exact) mass is 292 g/mol. The Morgan fingerprint density at radius 2 is 2.05 bits per heavy atom. The van der Waals surface area contributed by atoms with E-state index in [-0.39, 0.29) is 10.7 Å². The highest BCUT2D eigenvalue weighted by atomic mass is 35.5. The van der Waals surface area contributed by atoms with E-state index in [1.54, 1.807) is 19.2 Å². The highest BCUT2D eigenvalue weighted by Crippen LogP contribution is 2.34. The van der Waals surface area contributed by atoms with E-state index >= 15 is 0 Å². The third kappa shape index (κ3) is 3.26. The molecule has 5 nitrogen and oxygen atoms in total. The summed E-state index contributed by atoms with van der Waals surface area (Å²) in [6.07, 6.45) is 0. The van der Waals surface area contributed by atoms with Gasteiger partial charge >= 0.3 is 5.69 Å². The van der Waals surface area contributed by atoms with E-state index in [0.29, 0.717) is 12.3 Å². The quantitative estimate of drug-likeness (QED) is 0.664. The molecule has 0 unspecified atom stereocenters. The van der Waals surface area contributed by atoms with Crippen LogP contribution >= 0.6 is 11.6 Å². The van der Waals surface area contributed by atoms with Crippen LogP contribution in [0.5, 0.6) is 0 Å². The lowest BCUT2D eigenvalue weighted by atomic mass is 10.2. The van der Waals surface area contributed by atoms with Gasteiger partial charge in [0.2, 0.25) is 0 Å². The topological polar surface area (TPSA) is 64.4 Å². The van der Waals surface area contributed by atoms with Gasteiger partial charge in [-0.1, -0.05) is 29.8 Å². The molecule has 0 aromatic heterocycles. The summed E-state index contributed by atoms with van der Waals surface area (Å²) in [6.45, 7) is 0.479.